The van der Waals surface area contributed by atoms with Crippen molar-refractivity contribution < 1.29 is 9.53 Å². The van der Waals surface area contributed by atoms with Gasteiger partial charge in [-0.2, -0.15) is 5.26 Å². The molecule has 2 amide bonds. The van der Waals surface area contributed by atoms with Crippen molar-refractivity contribution in [3.05, 3.63) is 24.3 Å². The Morgan fingerprint density at radius 1 is 1.54 bits per heavy atom. The van der Waals surface area contributed by atoms with E-state index in [0.717, 1.165) is 36.5 Å². The van der Waals surface area contributed by atoms with Crippen molar-refractivity contribution >= 4 is 23.5 Å². The van der Waals surface area contributed by atoms with Gasteiger partial charge in [0, 0.05) is 36.8 Å². The first-order chi connectivity index (χ1) is 11.6. The summed E-state index contributed by atoms with van der Waals surface area (Å²) in [5.41, 5.74) is 0.812. The fourth-order valence-electron chi connectivity index (χ4n) is 2.76. The first-order valence-corrected chi connectivity index (χ1v) is 9.29. The molecule has 1 fully saturated rings. The summed E-state index contributed by atoms with van der Waals surface area (Å²) in [6, 6.07) is 9.93. The van der Waals surface area contributed by atoms with Gasteiger partial charge >= 0.3 is 6.03 Å². The quantitative estimate of drug-likeness (QED) is 0.794. The number of piperidine rings is 1. The van der Waals surface area contributed by atoms with Crippen molar-refractivity contribution in [1.29, 1.82) is 5.26 Å². The highest BCUT2D eigenvalue weighted by Crippen LogP contribution is 2.29. The maximum absolute atomic E-state index is 12.6. The maximum Gasteiger partial charge on any atom is 0.321 e. The Morgan fingerprint density at radius 2 is 2.33 bits per heavy atom. The Kier molecular flexibility index (Phi) is 7.41. The molecular formula is C18H25N3O2S. The summed E-state index contributed by atoms with van der Waals surface area (Å²) in [5, 5.41) is 11.9. The molecule has 1 aliphatic heterocycles. The van der Waals surface area contributed by atoms with E-state index in [4.69, 9.17) is 10.00 Å². The molecule has 1 heterocycles. The summed E-state index contributed by atoms with van der Waals surface area (Å²) in [5.74, 6) is 1.11. The molecular weight excluding hydrogens is 322 g/mol. The van der Waals surface area contributed by atoms with E-state index in [1.165, 1.54) is 0 Å². The number of benzene rings is 1. The second-order valence-electron chi connectivity index (χ2n) is 6.18. The molecule has 2 atom stereocenters. The molecule has 1 N–H and O–H groups in total. The van der Waals surface area contributed by atoms with Crippen molar-refractivity contribution in [2.24, 2.45) is 11.8 Å². The molecule has 1 aliphatic rings. The van der Waals surface area contributed by atoms with Crippen LogP contribution in [0.1, 0.15) is 19.8 Å². The van der Waals surface area contributed by atoms with Crippen molar-refractivity contribution in [3.8, 4) is 6.07 Å². The first kappa shape index (κ1) is 18.6. The van der Waals surface area contributed by atoms with Crippen LogP contribution >= 0.6 is 11.8 Å². The maximum atomic E-state index is 12.6. The average molecular weight is 347 g/mol. The lowest BCUT2D eigenvalue weighted by molar-refractivity contribution is 0.104. The topological polar surface area (TPSA) is 65.4 Å². The molecule has 0 spiro atoms. The number of hydrogen-bond acceptors (Lipinski definition) is 4. The zero-order valence-corrected chi connectivity index (χ0v) is 15.1. The summed E-state index contributed by atoms with van der Waals surface area (Å²) in [4.78, 5) is 15.4. The van der Waals surface area contributed by atoms with Gasteiger partial charge in [0.25, 0.3) is 0 Å². The number of nitrogens with zero attached hydrogens (tertiary/aromatic N) is 2. The summed E-state index contributed by atoms with van der Waals surface area (Å²) in [7, 11) is 1.70. The van der Waals surface area contributed by atoms with Crippen LogP contribution in [0.25, 0.3) is 0 Å². The van der Waals surface area contributed by atoms with Gasteiger partial charge in [-0.3, -0.25) is 0 Å². The van der Waals surface area contributed by atoms with E-state index in [2.05, 4.69) is 11.4 Å². The van der Waals surface area contributed by atoms with Gasteiger partial charge in [0.05, 0.1) is 24.3 Å². The molecule has 0 aliphatic carbocycles. The number of ether oxygens (including phenoxy) is 1. The highest BCUT2D eigenvalue weighted by atomic mass is 32.2. The molecule has 0 radical (unpaired) electrons. The molecule has 0 aromatic heterocycles. The SMILES string of the molecule is COC[C@H]1CCCN(C(=O)Nc2ccccc2SC[C@H](C)C#N)C1. The van der Waals surface area contributed by atoms with Gasteiger partial charge in [-0.25, -0.2) is 4.79 Å². The highest BCUT2D eigenvalue weighted by Gasteiger charge is 2.24. The third-order valence-electron chi connectivity index (χ3n) is 4.05. The van der Waals surface area contributed by atoms with Crippen LogP contribution in [0.5, 0.6) is 0 Å². The Hall–Kier alpha value is -1.71. The summed E-state index contributed by atoms with van der Waals surface area (Å²) >= 11 is 1.60. The van der Waals surface area contributed by atoms with Gasteiger partial charge in [0.15, 0.2) is 0 Å². The number of rotatable bonds is 6. The van der Waals surface area contributed by atoms with Crippen LogP contribution in [0.3, 0.4) is 0 Å². The second-order valence-corrected chi connectivity index (χ2v) is 7.24. The van der Waals surface area contributed by atoms with E-state index >= 15 is 0 Å². The fraction of sp³-hybridized carbons (Fsp3) is 0.556. The van der Waals surface area contributed by atoms with E-state index in [1.807, 2.05) is 36.1 Å². The van der Waals surface area contributed by atoms with E-state index in [-0.39, 0.29) is 11.9 Å². The number of nitrogens with one attached hydrogen (secondary N) is 1. The lowest BCUT2D eigenvalue weighted by Crippen LogP contribution is -2.43. The van der Waals surface area contributed by atoms with Crippen LogP contribution in [0.15, 0.2) is 29.2 Å². The molecule has 0 bridgehead atoms. The van der Waals surface area contributed by atoms with Gasteiger partial charge < -0.3 is 15.0 Å². The average Bonchev–Trinajstić information content (AvgIpc) is 2.61. The van der Waals surface area contributed by atoms with Gasteiger partial charge in [-0.05, 0) is 31.9 Å². The summed E-state index contributed by atoms with van der Waals surface area (Å²) in [6.07, 6.45) is 2.12. The molecule has 2 rings (SSSR count). The number of thioether (sulfide) groups is 1. The first-order valence-electron chi connectivity index (χ1n) is 8.30. The Bertz CT molecular complexity index is 586. The zero-order chi connectivity index (χ0) is 17.4. The minimum absolute atomic E-state index is 0.0179. The monoisotopic (exact) mass is 347 g/mol. The number of nitriles is 1. The minimum atomic E-state index is -0.0582. The van der Waals surface area contributed by atoms with Crippen LogP contribution in [-0.4, -0.2) is 43.5 Å². The molecule has 0 saturated carbocycles. The molecule has 0 unspecified atom stereocenters. The molecule has 1 aromatic rings. The molecule has 6 heteroatoms. The number of urea groups is 1. The van der Waals surface area contributed by atoms with Gasteiger partial charge in [0.2, 0.25) is 0 Å². The molecule has 1 saturated heterocycles. The van der Waals surface area contributed by atoms with Gasteiger partial charge in [-0.15, -0.1) is 11.8 Å². The molecule has 1 aromatic carbocycles. The minimum Gasteiger partial charge on any atom is -0.384 e. The van der Waals surface area contributed by atoms with Crippen molar-refractivity contribution in [2.45, 2.75) is 24.7 Å². The largest absolute Gasteiger partial charge is 0.384 e. The predicted octanol–water partition coefficient (Wildman–Crippen LogP) is 3.83. The van der Waals surface area contributed by atoms with Crippen molar-refractivity contribution in [1.82, 2.24) is 4.90 Å². The number of methoxy groups -OCH3 is 1. The van der Waals surface area contributed by atoms with Crippen LogP contribution in [0, 0.1) is 23.2 Å². The normalized spacial score (nSPS) is 18.7. The smallest absolute Gasteiger partial charge is 0.321 e. The van der Waals surface area contributed by atoms with Gasteiger partial charge in [0.1, 0.15) is 0 Å². The molecule has 5 nitrogen and oxygen atoms in total. The second kappa shape index (κ2) is 9.55. The third kappa shape index (κ3) is 5.43. The highest BCUT2D eigenvalue weighted by molar-refractivity contribution is 7.99. The van der Waals surface area contributed by atoms with E-state index in [9.17, 15) is 4.79 Å². The van der Waals surface area contributed by atoms with Crippen molar-refractivity contribution in [2.75, 3.05) is 37.9 Å². The number of para-hydroxylation sites is 1. The number of carbonyl (C=O) groups excluding carboxylic acids is 1. The number of hydrogen-bond donors (Lipinski definition) is 1. The number of likely N-dealkylation sites (tertiary alicyclic amines) is 1. The third-order valence-corrected chi connectivity index (χ3v) is 5.38. The zero-order valence-electron chi connectivity index (χ0n) is 14.3. The van der Waals surface area contributed by atoms with Crippen LogP contribution in [0.4, 0.5) is 10.5 Å². The lowest BCUT2D eigenvalue weighted by Gasteiger charge is -2.32. The van der Waals surface area contributed by atoms with E-state index in [1.54, 1.807) is 18.9 Å². The van der Waals surface area contributed by atoms with Crippen LogP contribution in [0.2, 0.25) is 0 Å². The Morgan fingerprint density at radius 3 is 3.08 bits per heavy atom. The van der Waals surface area contributed by atoms with E-state index in [0.29, 0.717) is 18.3 Å². The molecule has 130 valence electrons. The number of carbonyl (C=O) groups is 1. The van der Waals surface area contributed by atoms with Crippen LogP contribution in [-0.2, 0) is 4.74 Å². The number of amides is 2. The van der Waals surface area contributed by atoms with Crippen molar-refractivity contribution in [3.63, 3.8) is 0 Å². The van der Waals surface area contributed by atoms with Gasteiger partial charge in [-0.1, -0.05) is 12.1 Å². The lowest BCUT2D eigenvalue weighted by atomic mass is 9.99. The Labute approximate surface area is 148 Å². The standard InChI is InChI=1S/C18H25N3O2S/c1-14(10-19)13-24-17-8-4-3-7-16(17)20-18(22)21-9-5-6-15(11-21)12-23-2/h3-4,7-8,14-15H,5-6,9,11-13H2,1-2H3,(H,20,22)/t14-,15+/m1/s1. The summed E-state index contributed by atoms with van der Waals surface area (Å²) in [6.45, 7) is 4.12. The predicted molar refractivity (Wildman–Crippen MR) is 97.1 cm³/mol. The summed E-state index contributed by atoms with van der Waals surface area (Å²) < 4.78 is 5.22. The van der Waals surface area contributed by atoms with E-state index < -0.39 is 0 Å². The molecule has 24 heavy (non-hydrogen) atoms. The number of anilines is 1. The Balaban J connectivity index is 1.97. The fourth-order valence-corrected chi connectivity index (χ4v) is 3.72. The van der Waals surface area contributed by atoms with Crippen LogP contribution < -0.4 is 5.32 Å².